The molecule has 2 aromatic carbocycles. The van der Waals surface area contributed by atoms with Crippen molar-refractivity contribution in [3.63, 3.8) is 0 Å². The van der Waals surface area contributed by atoms with Crippen molar-refractivity contribution in [3.8, 4) is 11.5 Å². The summed E-state index contributed by atoms with van der Waals surface area (Å²) < 4.78 is 0. The van der Waals surface area contributed by atoms with Crippen molar-refractivity contribution in [3.05, 3.63) is 59.8 Å². The molecule has 19 heavy (non-hydrogen) atoms. The van der Waals surface area contributed by atoms with Crippen LogP contribution in [0.25, 0.3) is 10.9 Å². The van der Waals surface area contributed by atoms with Gasteiger partial charge in [-0.2, -0.15) is 0 Å². The molecule has 0 unspecified atom stereocenters. The lowest BCUT2D eigenvalue weighted by Gasteiger charge is -2.01. The second-order valence-electron chi connectivity index (χ2n) is 4.28. The van der Waals surface area contributed by atoms with Gasteiger partial charge in [-0.05, 0) is 36.4 Å². The van der Waals surface area contributed by atoms with Crippen LogP contribution < -0.4 is 0 Å². The van der Waals surface area contributed by atoms with Crippen LogP contribution in [0.15, 0.2) is 48.7 Å². The summed E-state index contributed by atoms with van der Waals surface area (Å²) in [5.41, 5.74) is 1.59. The zero-order valence-electron chi connectivity index (χ0n) is 9.92. The number of H-pyrrole nitrogens is 1. The molecule has 0 radical (unpaired) electrons. The van der Waals surface area contributed by atoms with E-state index in [9.17, 15) is 15.0 Å². The van der Waals surface area contributed by atoms with Gasteiger partial charge in [0.2, 0.25) is 0 Å². The van der Waals surface area contributed by atoms with Crippen LogP contribution >= 0.6 is 0 Å². The summed E-state index contributed by atoms with van der Waals surface area (Å²) in [4.78, 5) is 15.3. The number of aromatic nitrogens is 1. The summed E-state index contributed by atoms with van der Waals surface area (Å²) in [5.74, 6) is -0.0213. The highest BCUT2D eigenvalue weighted by atomic mass is 16.3. The molecule has 0 aliphatic heterocycles. The molecule has 0 amide bonds. The lowest BCUT2D eigenvalue weighted by Crippen LogP contribution is -1.99. The molecule has 3 aromatic rings. The van der Waals surface area contributed by atoms with Crippen molar-refractivity contribution >= 4 is 16.7 Å². The first-order valence-electron chi connectivity index (χ1n) is 5.79. The number of hydrogen-bond donors (Lipinski definition) is 3. The topological polar surface area (TPSA) is 73.3 Å². The summed E-state index contributed by atoms with van der Waals surface area (Å²) in [5, 5.41) is 19.6. The Morgan fingerprint density at radius 1 is 1.00 bits per heavy atom. The fourth-order valence-electron chi connectivity index (χ4n) is 2.11. The van der Waals surface area contributed by atoms with Crippen LogP contribution in [0.3, 0.4) is 0 Å². The molecule has 3 N–H and O–H groups in total. The molecule has 0 aliphatic rings. The van der Waals surface area contributed by atoms with Crippen LogP contribution in [-0.2, 0) is 0 Å². The lowest BCUT2D eigenvalue weighted by molar-refractivity contribution is 0.104. The number of aromatic hydroxyl groups is 2. The summed E-state index contributed by atoms with van der Waals surface area (Å²) in [6.07, 6.45) is 1.58. The number of hydrogen-bond acceptors (Lipinski definition) is 3. The Morgan fingerprint density at radius 2 is 1.74 bits per heavy atom. The molecular formula is C15H11NO3. The van der Waals surface area contributed by atoms with E-state index in [4.69, 9.17) is 0 Å². The number of nitrogens with one attached hydrogen (secondary N) is 1. The third-order valence-electron chi connectivity index (χ3n) is 3.06. The Morgan fingerprint density at radius 3 is 2.47 bits per heavy atom. The molecule has 0 atom stereocenters. The Balaban J connectivity index is 2.14. The molecule has 4 heteroatoms. The van der Waals surface area contributed by atoms with Gasteiger partial charge in [-0.25, -0.2) is 0 Å². The minimum Gasteiger partial charge on any atom is -0.508 e. The molecule has 0 fully saturated rings. The maximum Gasteiger partial charge on any atom is 0.195 e. The van der Waals surface area contributed by atoms with Crippen molar-refractivity contribution in [1.29, 1.82) is 0 Å². The minimum atomic E-state index is -0.201. The normalized spacial score (nSPS) is 10.7. The summed E-state index contributed by atoms with van der Waals surface area (Å²) in [6, 6.07) is 11.1. The zero-order chi connectivity index (χ0) is 13.4. The maximum absolute atomic E-state index is 12.4. The van der Waals surface area contributed by atoms with Crippen molar-refractivity contribution in [1.82, 2.24) is 4.98 Å². The molecule has 0 saturated carbocycles. The van der Waals surface area contributed by atoms with Crippen LogP contribution in [0.5, 0.6) is 11.5 Å². The van der Waals surface area contributed by atoms with E-state index < -0.39 is 0 Å². The molecule has 0 spiro atoms. The van der Waals surface area contributed by atoms with E-state index in [1.807, 2.05) is 0 Å². The Kier molecular flexibility index (Phi) is 2.49. The minimum absolute atomic E-state index is 0.0703. The van der Waals surface area contributed by atoms with Crippen LogP contribution in [0.2, 0.25) is 0 Å². The van der Waals surface area contributed by atoms with E-state index in [-0.39, 0.29) is 17.3 Å². The van der Waals surface area contributed by atoms with Gasteiger partial charge >= 0.3 is 0 Å². The van der Waals surface area contributed by atoms with Crippen LogP contribution in [0.4, 0.5) is 0 Å². The third-order valence-corrected chi connectivity index (χ3v) is 3.06. The number of carbonyl (C=O) groups excluding carboxylic acids is 1. The molecule has 0 saturated heterocycles. The van der Waals surface area contributed by atoms with Crippen molar-refractivity contribution < 1.29 is 15.0 Å². The van der Waals surface area contributed by atoms with Gasteiger partial charge in [-0.1, -0.05) is 6.07 Å². The predicted molar refractivity (Wildman–Crippen MR) is 71.5 cm³/mol. The number of carbonyl (C=O) groups is 1. The van der Waals surface area contributed by atoms with Gasteiger partial charge in [0.1, 0.15) is 11.5 Å². The van der Waals surface area contributed by atoms with Gasteiger partial charge in [-0.3, -0.25) is 4.79 Å². The fourth-order valence-corrected chi connectivity index (χ4v) is 2.11. The molecule has 1 aromatic heterocycles. The van der Waals surface area contributed by atoms with Gasteiger partial charge in [0.05, 0.1) is 10.9 Å². The van der Waals surface area contributed by atoms with E-state index in [0.717, 1.165) is 0 Å². The Hall–Kier alpha value is -2.75. The Bertz CT molecular complexity index is 757. The summed E-state index contributed by atoms with van der Waals surface area (Å²) >= 11 is 0. The van der Waals surface area contributed by atoms with Crippen LogP contribution in [-0.4, -0.2) is 21.0 Å². The first-order valence-corrected chi connectivity index (χ1v) is 5.79. The molecule has 94 valence electrons. The SMILES string of the molecule is O=C(c1ccc(O)cc1)c1c[nH]c2cccc(O)c12. The van der Waals surface area contributed by atoms with Gasteiger partial charge in [-0.15, -0.1) is 0 Å². The lowest BCUT2D eigenvalue weighted by atomic mass is 10.0. The Labute approximate surface area is 108 Å². The highest BCUT2D eigenvalue weighted by molar-refractivity contribution is 6.17. The third kappa shape index (κ3) is 1.83. The fraction of sp³-hybridized carbons (Fsp3) is 0. The number of phenolic OH excluding ortho intramolecular Hbond substituents is 2. The van der Waals surface area contributed by atoms with E-state index >= 15 is 0 Å². The number of aromatic amines is 1. The largest absolute Gasteiger partial charge is 0.508 e. The number of benzene rings is 2. The molecule has 0 bridgehead atoms. The van der Waals surface area contributed by atoms with Crippen molar-refractivity contribution in [2.75, 3.05) is 0 Å². The number of ketones is 1. The first-order chi connectivity index (χ1) is 9.16. The predicted octanol–water partition coefficient (Wildman–Crippen LogP) is 2.81. The van der Waals surface area contributed by atoms with E-state index in [1.165, 1.54) is 12.1 Å². The standard InChI is InChI=1S/C15H11NO3/c17-10-6-4-9(5-7-10)15(19)11-8-16-12-2-1-3-13(18)14(11)12/h1-8,16-18H. The first kappa shape index (κ1) is 11.3. The molecular weight excluding hydrogens is 242 g/mol. The summed E-state index contributed by atoms with van der Waals surface area (Å²) in [6.45, 7) is 0. The second kappa shape index (κ2) is 4.17. The average molecular weight is 253 g/mol. The summed E-state index contributed by atoms with van der Waals surface area (Å²) in [7, 11) is 0. The van der Waals surface area contributed by atoms with Crippen molar-refractivity contribution in [2.24, 2.45) is 0 Å². The van der Waals surface area contributed by atoms with E-state index in [1.54, 1.807) is 36.5 Å². The average Bonchev–Trinajstić information content (AvgIpc) is 2.84. The van der Waals surface area contributed by atoms with Crippen LogP contribution in [0.1, 0.15) is 15.9 Å². The second-order valence-corrected chi connectivity index (χ2v) is 4.28. The highest BCUT2D eigenvalue weighted by Gasteiger charge is 2.16. The van der Waals surface area contributed by atoms with E-state index in [0.29, 0.717) is 22.0 Å². The van der Waals surface area contributed by atoms with Crippen molar-refractivity contribution in [2.45, 2.75) is 0 Å². The van der Waals surface area contributed by atoms with Gasteiger partial charge in [0.25, 0.3) is 0 Å². The van der Waals surface area contributed by atoms with Gasteiger partial charge in [0.15, 0.2) is 5.78 Å². The van der Waals surface area contributed by atoms with Gasteiger partial charge < -0.3 is 15.2 Å². The van der Waals surface area contributed by atoms with Crippen LogP contribution in [0, 0.1) is 0 Å². The molecule has 3 rings (SSSR count). The zero-order valence-corrected chi connectivity index (χ0v) is 9.92. The monoisotopic (exact) mass is 253 g/mol. The number of phenols is 2. The van der Waals surface area contributed by atoms with Gasteiger partial charge in [0, 0.05) is 17.3 Å². The number of fused-ring (bicyclic) bond motifs is 1. The highest BCUT2D eigenvalue weighted by Crippen LogP contribution is 2.29. The molecule has 0 aliphatic carbocycles. The smallest absolute Gasteiger partial charge is 0.195 e. The molecule has 4 nitrogen and oxygen atoms in total. The van der Waals surface area contributed by atoms with E-state index in [2.05, 4.69) is 4.98 Å². The quantitative estimate of drug-likeness (QED) is 0.615. The maximum atomic E-state index is 12.4. The molecule has 1 heterocycles. The number of rotatable bonds is 2.